The van der Waals surface area contributed by atoms with E-state index in [-0.39, 0.29) is 12.5 Å². The van der Waals surface area contributed by atoms with Gasteiger partial charge in [0, 0.05) is 24.3 Å². The standard InChI is InChI=1S/C12H12N2O3/c1-14-5-4-8-2-3-9(6-10(8)14)12(17)13-7-11(15)16/h2-6H,7H2,1H3,(H,13,17)(H,15,16). The number of hydrogen-bond donors (Lipinski definition) is 2. The molecule has 0 unspecified atom stereocenters. The molecule has 0 atom stereocenters. The van der Waals surface area contributed by atoms with Crippen molar-refractivity contribution < 1.29 is 14.7 Å². The van der Waals surface area contributed by atoms with Crippen molar-refractivity contribution in [2.75, 3.05) is 6.54 Å². The van der Waals surface area contributed by atoms with Crippen LogP contribution < -0.4 is 5.32 Å². The van der Waals surface area contributed by atoms with E-state index in [1.54, 1.807) is 12.1 Å². The van der Waals surface area contributed by atoms with Crippen LogP contribution in [0.3, 0.4) is 0 Å². The van der Waals surface area contributed by atoms with Gasteiger partial charge in [0.1, 0.15) is 6.54 Å². The zero-order valence-corrected chi connectivity index (χ0v) is 9.30. The zero-order valence-electron chi connectivity index (χ0n) is 9.30. The molecule has 0 saturated carbocycles. The highest BCUT2D eigenvalue weighted by atomic mass is 16.4. The van der Waals surface area contributed by atoms with Crippen LogP contribution in [0.2, 0.25) is 0 Å². The lowest BCUT2D eigenvalue weighted by Gasteiger charge is -2.03. The summed E-state index contributed by atoms with van der Waals surface area (Å²) in [5.41, 5.74) is 1.40. The number of carbonyl (C=O) groups is 2. The van der Waals surface area contributed by atoms with E-state index in [2.05, 4.69) is 5.32 Å². The second-order valence-electron chi connectivity index (χ2n) is 3.78. The van der Waals surface area contributed by atoms with Gasteiger partial charge in [0.05, 0.1) is 0 Å². The molecule has 0 fully saturated rings. The van der Waals surface area contributed by atoms with Crippen molar-refractivity contribution in [2.24, 2.45) is 7.05 Å². The molecule has 0 radical (unpaired) electrons. The summed E-state index contributed by atoms with van der Waals surface area (Å²) in [7, 11) is 1.89. The van der Waals surface area contributed by atoms with Gasteiger partial charge in [-0.05, 0) is 23.6 Å². The monoisotopic (exact) mass is 232 g/mol. The Morgan fingerprint density at radius 3 is 2.82 bits per heavy atom. The number of amides is 1. The summed E-state index contributed by atoms with van der Waals surface area (Å²) < 4.78 is 1.91. The Bertz CT molecular complexity index is 586. The van der Waals surface area contributed by atoms with Crippen LogP contribution >= 0.6 is 0 Å². The van der Waals surface area contributed by atoms with Crippen LogP contribution in [0.4, 0.5) is 0 Å². The molecule has 0 bridgehead atoms. The smallest absolute Gasteiger partial charge is 0.322 e. The Labute approximate surface area is 97.7 Å². The highest BCUT2D eigenvalue weighted by molar-refractivity contribution is 5.99. The maximum absolute atomic E-state index is 11.6. The average Bonchev–Trinajstić information content (AvgIpc) is 2.67. The molecule has 5 nitrogen and oxygen atoms in total. The maximum Gasteiger partial charge on any atom is 0.322 e. The molecule has 0 aliphatic carbocycles. The van der Waals surface area contributed by atoms with Gasteiger partial charge in [0.15, 0.2) is 0 Å². The number of carboxylic acids is 1. The Morgan fingerprint density at radius 2 is 2.12 bits per heavy atom. The summed E-state index contributed by atoms with van der Waals surface area (Å²) in [5, 5.41) is 11.8. The predicted molar refractivity (Wildman–Crippen MR) is 62.9 cm³/mol. The van der Waals surface area contributed by atoms with Crippen molar-refractivity contribution in [3.8, 4) is 0 Å². The zero-order chi connectivity index (χ0) is 12.4. The van der Waals surface area contributed by atoms with Gasteiger partial charge in [-0.1, -0.05) is 6.07 Å². The van der Waals surface area contributed by atoms with Crippen LogP contribution in [-0.2, 0) is 11.8 Å². The fraction of sp³-hybridized carbons (Fsp3) is 0.167. The molecule has 5 heteroatoms. The van der Waals surface area contributed by atoms with Gasteiger partial charge in [-0.25, -0.2) is 0 Å². The number of carboxylic acid groups (broad SMARTS) is 1. The van der Waals surface area contributed by atoms with E-state index in [9.17, 15) is 9.59 Å². The first-order valence-electron chi connectivity index (χ1n) is 5.13. The number of aryl methyl sites for hydroxylation is 1. The first kappa shape index (κ1) is 11.2. The number of nitrogens with one attached hydrogen (secondary N) is 1. The molecule has 1 aromatic carbocycles. The van der Waals surface area contributed by atoms with Crippen molar-refractivity contribution in [1.82, 2.24) is 9.88 Å². The first-order valence-corrected chi connectivity index (χ1v) is 5.13. The molecule has 1 aromatic heterocycles. The summed E-state index contributed by atoms with van der Waals surface area (Å²) in [6, 6.07) is 7.21. The van der Waals surface area contributed by atoms with Crippen LogP contribution in [0.5, 0.6) is 0 Å². The molecular weight excluding hydrogens is 220 g/mol. The minimum absolute atomic E-state index is 0.371. The molecule has 17 heavy (non-hydrogen) atoms. The number of carbonyl (C=O) groups excluding carboxylic acids is 1. The summed E-state index contributed by atoms with van der Waals surface area (Å²) in [4.78, 5) is 22.0. The van der Waals surface area contributed by atoms with E-state index in [4.69, 9.17) is 5.11 Å². The Balaban J connectivity index is 2.26. The van der Waals surface area contributed by atoms with E-state index >= 15 is 0 Å². The molecule has 0 saturated heterocycles. The van der Waals surface area contributed by atoms with Gasteiger partial charge in [-0.15, -0.1) is 0 Å². The predicted octanol–water partition coefficient (Wildman–Crippen LogP) is 0.993. The summed E-state index contributed by atoms with van der Waals surface area (Å²) >= 11 is 0. The second kappa shape index (κ2) is 4.29. The van der Waals surface area contributed by atoms with Crippen molar-refractivity contribution in [3.05, 3.63) is 36.0 Å². The van der Waals surface area contributed by atoms with E-state index in [1.807, 2.05) is 29.9 Å². The fourth-order valence-electron chi connectivity index (χ4n) is 1.66. The normalized spacial score (nSPS) is 10.4. The SMILES string of the molecule is Cn1ccc2ccc(C(=O)NCC(=O)O)cc21. The Morgan fingerprint density at radius 1 is 1.35 bits per heavy atom. The van der Waals surface area contributed by atoms with Crippen molar-refractivity contribution in [3.63, 3.8) is 0 Å². The quantitative estimate of drug-likeness (QED) is 0.829. The Hall–Kier alpha value is -2.30. The number of aliphatic carboxylic acids is 1. The van der Waals surface area contributed by atoms with Gasteiger partial charge < -0.3 is 15.0 Å². The van der Waals surface area contributed by atoms with Crippen molar-refractivity contribution >= 4 is 22.8 Å². The van der Waals surface area contributed by atoms with Crippen LogP contribution in [0, 0.1) is 0 Å². The number of rotatable bonds is 3. The lowest BCUT2D eigenvalue weighted by Crippen LogP contribution is -2.29. The first-order chi connectivity index (χ1) is 8.08. The average molecular weight is 232 g/mol. The van der Waals surface area contributed by atoms with Crippen molar-refractivity contribution in [2.45, 2.75) is 0 Å². The third-order valence-electron chi connectivity index (χ3n) is 2.55. The molecular formula is C12H12N2O3. The molecule has 2 rings (SSSR count). The van der Waals surface area contributed by atoms with E-state index in [1.165, 1.54) is 0 Å². The van der Waals surface area contributed by atoms with Gasteiger partial charge in [-0.3, -0.25) is 9.59 Å². The number of nitrogens with zero attached hydrogens (tertiary/aromatic N) is 1. The molecule has 88 valence electrons. The molecule has 1 amide bonds. The van der Waals surface area contributed by atoms with Gasteiger partial charge in [0.2, 0.25) is 0 Å². The lowest BCUT2D eigenvalue weighted by atomic mass is 10.1. The molecule has 1 heterocycles. The fourth-order valence-corrected chi connectivity index (χ4v) is 1.66. The van der Waals surface area contributed by atoms with E-state index in [0.29, 0.717) is 5.56 Å². The largest absolute Gasteiger partial charge is 0.480 e. The topological polar surface area (TPSA) is 71.3 Å². The minimum Gasteiger partial charge on any atom is -0.480 e. The number of fused-ring (bicyclic) bond motifs is 1. The summed E-state index contributed by atoms with van der Waals surface area (Å²) in [6.45, 7) is -0.371. The van der Waals surface area contributed by atoms with Crippen LogP contribution in [0.1, 0.15) is 10.4 Å². The van der Waals surface area contributed by atoms with E-state index in [0.717, 1.165) is 10.9 Å². The van der Waals surface area contributed by atoms with Crippen LogP contribution in [0.15, 0.2) is 30.5 Å². The molecule has 0 aliphatic rings. The number of aromatic nitrogens is 1. The molecule has 2 N–H and O–H groups in total. The summed E-state index contributed by atoms with van der Waals surface area (Å²) in [5.74, 6) is -1.44. The maximum atomic E-state index is 11.6. The summed E-state index contributed by atoms with van der Waals surface area (Å²) in [6.07, 6.45) is 1.91. The van der Waals surface area contributed by atoms with Crippen LogP contribution in [0.25, 0.3) is 10.9 Å². The third kappa shape index (κ3) is 2.28. The van der Waals surface area contributed by atoms with Crippen molar-refractivity contribution in [1.29, 1.82) is 0 Å². The molecule has 2 aromatic rings. The second-order valence-corrected chi connectivity index (χ2v) is 3.78. The lowest BCUT2D eigenvalue weighted by molar-refractivity contribution is -0.135. The van der Waals surface area contributed by atoms with E-state index < -0.39 is 5.97 Å². The highest BCUT2D eigenvalue weighted by Crippen LogP contribution is 2.16. The van der Waals surface area contributed by atoms with Crippen LogP contribution in [-0.4, -0.2) is 28.1 Å². The number of benzene rings is 1. The van der Waals surface area contributed by atoms with Gasteiger partial charge >= 0.3 is 5.97 Å². The minimum atomic E-state index is -1.06. The molecule has 0 aliphatic heterocycles. The molecule has 0 spiro atoms. The van der Waals surface area contributed by atoms with Gasteiger partial charge in [0.25, 0.3) is 5.91 Å². The highest BCUT2D eigenvalue weighted by Gasteiger charge is 2.08. The number of hydrogen-bond acceptors (Lipinski definition) is 2. The van der Waals surface area contributed by atoms with Gasteiger partial charge in [-0.2, -0.15) is 0 Å². The third-order valence-corrected chi connectivity index (χ3v) is 2.55. The Kier molecular flexibility index (Phi) is 2.82.